The van der Waals surface area contributed by atoms with E-state index in [1.54, 1.807) is 12.1 Å². The van der Waals surface area contributed by atoms with Gasteiger partial charge in [-0.05, 0) is 69.6 Å². The number of hydrogen-bond acceptors (Lipinski definition) is 3. The van der Waals surface area contributed by atoms with E-state index in [1.807, 2.05) is 12.1 Å². The van der Waals surface area contributed by atoms with Crippen LogP contribution < -0.4 is 0 Å². The number of aromatic hydroxyl groups is 1. The summed E-state index contributed by atoms with van der Waals surface area (Å²) < 4.78 is 0. The van der Waals surface area contributed by atoms with Gasteiger partial charge in [0.15, 0.2) is 0 Å². The average molecular weight is 274 g/mol. The van der Waals surface area contributed by atoms with Gasteiger partial charge in [-0.25, -0.2) is 0 Å². The Bertz CT molecular complexity index is 404. The van der Waals surface area contributed by atoms with Gasteiger partial charge in [0.2, 0.25) is 0 Å². The first-order chi connectivity index (χ1) is 9.81. The number of benzene rings is 1. The van der Waals surface area contributed by atoms with Gasteiger partial charge in [-0.3, -0.25) is 4.90 Å². The van der Waals surface area contributed by atoms with Crippen LogP contribution in [0.5, 0.6) is 5.75 Å². The van der Waals surface area contributed by atoms with Crippen LogP contribution in [0.25, 0.3) is 0 Å². The van der Waals surface area contributed by atoms with Gasteiger partial charge < -0.3 is 10.0 Å². The molecule has 0 saturated carbocycles. The summed E-state index contributed by atoms with van der Waals surface area (Å²) >= 11 is 0. The van der Waals surface area contributed by atoms with Crippen LogP contribution in [0.4, 0.5) is 0 Å². The molecule has 0 aliphatic carbocycles. The van der Waals surface area contributed by atoms with Crippen molar-refractivity contribution in [3.63, 3.8) is 0 Å². The van der Waals surface area contributed by atoms with Crippen LogP contribution in [0.15, 0.2) is 24.3 Å². The van der Waals surface area contributed by atoms with Crippen LogP contribution >= 0.6 is 0 Å². The maximum atomic E-state index is 9.32. The summed E-state index contributed by atoms with van der Waals surface area (Å²) in [6.45, 7) is 6.09. The van der Waals surface area contributed by atoms with Crippen LogP contribution in [0, 0.1) is 0 Å². The van der Waals surface area contributed by atoms with E-state index >= 15 is 0 Å². The summed E-state index contributed by atoms with van der Waals surface area (Å²) in [6, 6.07) is 8.47. The van der Waals surface area contributed by atoms with Crippen molar-refractivity contribution in [1.29, 1.82) is 0 Å². The SMILES string of the molecule is Oc1ccc(CN2CCC(N3CCCCC3)CC2)cc1. The van der Waals surface area contributed by atoms with E-state index in [1.165, 1.54) is 63.8 Å². The second-order valence-electron chi connectivity index (χ2n) is 6.27. The highest BCUT2D eigenvalue weighted by molar-refractivity contribution is 5.25. The van der Waals surface area contributed by atoms with Gasteiger partial charge in [0.1, 0.15) is 5.75 Å². The van der Waals surface area contributed by atoms with E-state index in [0.29, 0.717) is 5.75 Å². The van der Waals surface area contributed by atoms with Crippen LogP contribution in [0.3, 0.4) is 0 Å². The molecule has 0 aromatic heterocycles. The first-order valence-electron chi connectivity index (χ1n) is 8.05. The van der Waals surface area contributed by atoms with Crippen LogP contribution in [0.2, 0.25) is 0 Å². The normalized spacial score (nSPS) is 23.0. The highest BCUT2D eigenvalue weighted by Gasteiger charge is 2.25. The van der Waals surface area contributed by atoms with Crippen LogP contribution in [-0.4, -0.2) is 47.1 Å². The molecule has 0 amide bonds. The minimum absolute atomic E-state index is 0.359. The molecule has 0 radical (unpaired) electrons. The van der Waals surface area contributed by atoms with Crippen molar-refractivity contribution in [2.45, 2.75) is 44.7 Å². The molecule has 2 aliphatic rings. The summed E-state index contributed by atoms with van der Waals surface area (Å²) in [7, 11) is 0. The minimum Gasteiger partial charge on any atom is -0.508 e. The molecule has 3 nitrogen and oxygen atoms in total. The van der Waals surface area contributed by atoms with Gasteiger partial charge in [0.25, 0.3) is 0 Å². The average Bonchev–Trinajstić information content (AvgIpc) is 2.51. The smallest absolute Gasteiger partial charge is 0.115 e. The second kappa shape index (κ2) is 6.59. The van der Waals surface area contributed by atoms with Crippen molar-refractivity contribution < 1.29 is 5.11 Å². The topological polar surface area (TPSA) is 26.7 Å². The Kier molecular flexibility index (Phi) is 4.58. The van der Waals surface area contributed by atoms with E-state index < -0.39 is 0 Å². The molecule has 1 aromatic rings. The monoisotopic (exact) mass is 274 g/mol. The first kappa shape index (κ1) is 13.9. The van der Waals surface area contributed by atoms with Gasteiger partial charge in [0.05, 0.1) is 0 Å². The summed E-state index contributed by atoms with van der Waals surface area (Å²) in [5, 5.41) is 9.32. The van der Waals surface area contributed by atoms with Gasteiger partial charge in [0, 0.05) is 12.6 Å². The lowest BCUT2D eigenvalue weighted by molar-refractivity contribution is 0.0896. The number of piperidine rings is 2. The number of hydrogen-bond donors (Lipinski definition) is 1. The Morgan fingerprint density at radius 1 is 0.900 bits per heavy atom. The third-order valence-electron chi connectivity index (χ3n) is 4.81. The Morgan fingerprint density at radius 3 is 2.20 bits per heavy atom. The van der Waals surface area contributed by atoms with Crippen molar-refractivity contribution in [2.75, 3.05) is 26.2 Å². The van der Waals surface area contributed by atoms with Crippen molar-refractivity contribution >= 4 is 0 Å². The highest BCUT2D eigenvalue weighted by Crippen LogP contribution is 2.22. The molecule has 110 valence electrons. The third-order valence-corrected chi connectivity index (χ3v) is 4.81. The predicted molar refractivity (Wildman–Crippen MR) is 81.8 cm³/mol. The zero-order valence-electron chi connectivity index (χ0n) is 12.3. The fourth-order valence-corrected chi connectivity index (χ4v) is 3.59. The molecule has 2 saturated heterocycles. The van der Waals surface area contributed by atoms with Crippen LogP contribution in [0.1, 0.15) is 37.7 Å². The molecule has 0 bridgehead atoms. The van der Waals surface area contributed by atoms with E-state index in [2.05, 4.69) is 9.80 Å². The maximum absolute atomic E-state index is 9.32. The van der Waals surface area contributed by atoms with Crippen molar-refractivity contribution in [2.24, 2.45) is 0 Å². The van der Waals surface area contributed by atoms with E-state index in [9.17, 15) is 5.11 Å². The highest BCUT2D eigenvalue weighted by atomic mass is 16.3. The van der Waals surface area contributed by atoms with Gasteiger partial charge >= 0.3 is 0 Å². The lowest BCUT2D eigenvalue weighted by Crippen LogP contribution is -2.46. The minimum atomic E-state index is 0.359. The van der Waals surface area contributed by atoms with Crippen molar-refractivity contribution in [1.82, 2.24) is 9.80 Å². The zero-order valence-corrected chi connectivity index (χ0v) is 12.3. The molecular formula is C17H26N2O. The summed E-state index contributed by atoms with van der Waals surface area (Å²) in [4.78, 5) is 5.27. The van der Waals surface area contributed by atoms with E-state index in [4.69, 9.17) is 0 Å². The zero-order chi connectivity index (χ0) is 13.8. The first-order valence-corrected chi connectivity index (χ1v) is 8.05. The predicted octanol–water partition coefficient (Wildman–Crippen LogP) is 2.84. The largest absolute Gasteiger partial charge is 0.508 e. The fraction of sp³-hybridized carbons (Fsp3) is 0.647. The molecule has 2 fully saturated rings. The van der Waals surface area contributed by atoms with E-state index in [0.717, 1.165) is 12.6 Å². The third kappa shape index (κ3) is 3.53. The molecule has 0 atom stereocenters. The standard InChI is InChI=1S/C17H26N2O/c20-17-6-4-15(5-7-17)14-18-12-8-16(9-13-18)19-10-2-1-3-11-19/h4-7,16,20H,1-3,8-14H2. The molecule has 3 heteroatoms. The number of phenols is 1. The van der Waals surface area contributed by atoms with Gasteiger partial charge in [-0.2, -0.15) is 0 Å². The number of phenolic OH excluding ortho intramolecular Hbond substituents is 1. The Hall–Kier alpha value is -1.06. The number of nitrogens with zero attached hydrogens (tertiary/aromatic N) is 2. The molecular weight excluding hydrogens is 248 g/mol. The number of likely N-dealkylation sites (tertiary alicyclic amines) is 2. The van der Waals surface area contributed by atoms with Gasteiger partial charge in [-0.15, -0.1) is 0 Å². The molecule has 0 spiro atoms. The molecule has 3 rings (SSSR count). The molecule has 2 aliphatic heterocycles. The lowest BCUT2D eigenvalue weighted by atomic mass is 9.99. The second-order valence-corrected chi connectivity index (χ2v) is 6.27. The Balaban J connectivity index is 1.47. The molecule has 0 unspecified atom stereocenters. The number of rotatable bonds is 3. The molecule has 1 N–H and O–H groups in total. The maximum Gasteiger partial charge on any atom is 0.115 e. The molecule has 20 heavy (non-hydrogen) atoms. The summed E-state index contributed by atoms with van der Waals surface area (Å²) in [6.07, 6.45) is 6.85. The summed E-state index contributed by atoms with van der Waals surface area (Å²) in [5.41, 5.74) is 1.30. The Labute approximate surface area is 122 Å². The van der Waals surface area contributed by atoms with Gasteiger partial charge in [-0.1, -0.05) is 18.6 Å². The lowest BCUT2D eigenvalue weighted by Gasteiger charge is -2.40. The van der Waals surface area contributed by atoms with Crippen LogP contribution in [-0.2, 0) is 6.54 Å². The fourth-order valence-electron chi connectivity index (χ4n) is 3.59. The Morgan fingerprint density at radius 2 is 1.55 bits per heavy atom. The van der Waals surface area contributed by atoms with Crippen molar-refractivity contribution in [3.05, 3.63) is 29.8 Å². The molecule has 2 heterocycles. The quantitative estimate of drug-likeness (QED) is 0.918. The molecule has 1 aromatic carbocycles. The van der Waals surface area contributed by atoms with Crippen molar-refractivity contribution in [3.8, 4) is 5.75 Å². The van der Waals surface area contributed by atoms with E-state index in [-0.39, 0.29) is 0 Å². The summed E-state index contributed by atoms with van der Waals surface area (Å²) in [5.74, 6) is 0.359.